The van der Waals surface area contributed by atoms with Crippen LogP contribution in [0.2, 0.25) is 0 Å². The van der Waals surface area contributed by atoms with Gasteiger partial charge < -0.3 is 20.6 Å². The van der Waals surface area contributed by atoms with E-state index in [0.717, 1.165) is 38.4 Å². The Hall–Kier alpha value is -1.59. The van der Waals surface area contributed by atoms with Crippen LogP contribution in [0.15, 0.2) is 18.2 Å². The summed E-state index contributed by atoms with van der Waals surface area (Å²) in [5.41, 5.74) is 2.60. The van der Waals surface area contributed by atoms with Gasteiger partial charge in [0, 0.05) is 19.1 Å². The molecule has 0 bridgehead atoms. The van der Waals surface area contributed by atoms with Crippen molar-refractivity contribution in [3.05, 3.63) is 29.3 Å². The first-order chi connectivity index (χ1) is 13.5. The highest BCUT2D eigenvalue weighted by Gasteiger charge is 2.20. The normalized spacial score (nSPS) is 17.4. The van der Waals surface area contributed by atoms with Gasteiger partial charge in [0.1, 0.15) is 5.75 Å². The molecular formula is C24H45N3O2. The van der Waals surface area contributed by atoms with E-state index in [4.69, 9.17) is 5.11 Å². The summed E-state index contributed by atoms with van der Waals surface area (Å²) in [7, 11) is 0. The zero-order valence-corrected chi connectivity index (χ0v) is 18.5. The maximum atomic E-state index is 10.5. The molecule has 1 atom stereocenters. The van der Waals surface area contributed by atoms with E-state index < -0.39 is 0 Å². The third-order valence-corrected chi connectivity index (χ3v) is 5.49. The Labute approximate surface area is 179 Å². The Morgan fingerprint density at radius 2 is 1.90 bits per heavy atom. The van der Waals surface area contributed by atoms with Crippen molar-refractivity contribution in [3.63, 3.8) is 0 Å². The van der Waals surface area contributed by atoms with Crippen molar-refractivity contribution >= 4 is 6.41 Å². The van der Waals surface area contributed by atoms with Crippen molar-refractivity contribution in [3.8, 4) is 5.75 Å². The molecule has 3 rings (SSSR count). The Morgan fingerprint density at radius 1 is 1.24 bits per heavy atom. The maximum absolute atomic E-state index is 10.5. The number of nitrogens with one attached hydrogen (secondary N) is 2. The summed E-state index contributed by atoms with van der Waals surface area (Å²) in [5, 5.41) is 15.3. The third-order valence-electron chi connectivity index (χ3n) is 5.49. The van der Waals surface area contributed by atoms with Crippen LogP contribution in [0, 0.1) is 11.8 Å². The summed E-state index contributed by atoms with van der Waals surface area (Å²) in [4.78, 5) is 13.0. The van der Waals surface area contributed by atoms with Crippen LogP contribution in [-0.2, 0) is 17.8 Å². The van der Waals surface area contributed by atoms with E-state index in [1.165, 1.54) is 37.1 Å². The first kappa shape index (κ1) is 27.4. The van der Waals surface area contributed by atoms with Crippen molar-refractivity contribution in [1.82, 2.24) is 15.5 Å². The Morgan fingerprint density at radius 3 is 2.48 bits per heavy atom. The van der Waals surface area contributed by atoms with Crippen LogP contribution in [-0.4, -0.2) is 48.6 Å². The Kier molecular flexibility index (Phi) is 14.4. The zero-order chi connectivity index (χ0) is 20.9. The number of amides is 1. The smallest absolute Gasteiger partial charge is 0.207 e. The Bertz CT molecular complexity index is 555. The van der Waals surface area contributed by atoms with E-state index in [9.17, 15) is 4.79 Å². The summed E-state index contributed by atoms with van der Waals surface area (Å²) in [5.74, 6) is 1.75. The molecule has 1 aromatic carbocycles. The molecule has 5 heteroatoms. The zero-order valence-electron chi connectivity index (χ0n) is 18.5. The number of carbonyl (C=O) groups excluding carboxylic acids is 1. The van der Waals surface area contributed by atoms with Gasteiger partial charge in [-0.25, -0.2) is 0 Å². The fourth-order valence-electron chi connectivity index (χ4n) is 3.53. The standard InChI is InChI=1S/C12H24N2O.C9H11NO.C2H6.CH4/c1-10(2)12(13-9-15)8-14-6-4-11(3)5-7-14;11-9-2-1-7-3-4-10-6-8(7)5-9;1-2;/h9-12H,4-8H2,1-3H3,(H,13,15);1-2,5,10-11H,3-4,6H2;1-2H3;1H4. The predicted molar refractivity (Wildman–Crippen MR) is 124 cm³/mol. The molecule has 1 fully saturated rings. The molecule has 0 radical (unpaired) electrons. The van der Waals surface area contributed by atoms with E-state index in [-0.39, 0.29) is 7.43 Å². The number of carbonyl (C=O) groups is 1. The van der Waals surface area contributed by atoms with Gasteiger partial charge in [0.15, 0.2) is 0 Å². The number of piperidine rings is 1. The summed E-state index contributed by atoms with van der Waals surface area (Å²) in [6.45, 7) is 16.0. The third kappa shape index (κ3) is 10.1. The molecule has 0 aliphatic carbocycles. The number of hydrogen-bond donors (Lipinski definition) is 3. The second-order valence-electron chi connectivity index (χ2n) is 8.00. The SMILES string of the molecule is C.CC.CC1CCN(CC(NC=O)C(C)C)CC1.Oc1ccc2c(c1)CNCC2. The average Bonchev–Trinajstić information content (AvgIpc) is 2.71. The lowest BCUT2D eigenvalue weighted by Gasteiger charge is -2.34. The van der Waals surface area contributed by atoms with Crippen LogP contribution in [0.4, 0.5) is 0 Å². The van der Waals surface area contributed by atoms with E-state index in [2.05, 4.69) is 36.3 Å². The summed E-state index contributed by atoms with van der Waals surface area (Å²) in [6, 6.07) is 5.90. The number of phenolic OH excluding ortho intramolecular Hbond substituents is 1. The molecule has 2 heterocycles. The molecule has 168 valence electrons. The number of rotatable bonds is 5. The molecule has 3 N–H and O–H groups in total. The van der Waals surface area contributed by atoms with E-state index in [1.807, 2.05) is 26.0 Å². The highest BCUT2D eigenvalue weighted by atomic mass is 16.3. The molecule has 0 aromatic heterocycles. The number of phenols is 1. The van der Waals surface area contributed by atoms with E-state index >= 15 is 0 Å². The molecule has 29 heavy (non-hydrogen) atoms. The van der Waals surface area contributed by atoms with Gasteiger partial charge in [-0.05, 0) is 74.0 Å². The minimum Gasteiger partial charge on any atom is -0.508 e. The van der Waals surface area contributed by atoms with E-state index in [0.29, 0.717) is 17.7 Å². The highest BCUT2D eigenvalue weighted by Crippen LogP contribution is 2.19. The number of likely N-dealkylation sites (tertiary alicyclic amines) is 1. The average molecular weight is 408 g/mol. The van der Waals surface area contributed by atoms with Crippen molar-refractivity contribution < 1.29 is 9.90 Å². The molecular weight excluding hydrogens is 362 g/mol. The minimum atomic E-state index is 0. The van der Waals surface area contributed by atoms with Crippen molar-refractivity contribution in [2.75, 3.05) is 26.2 Å². The van der Waals surface area contributed by atoms with Crippen LogP contribution in [0.3, 0.4) is 0 Å². The second kappa shape index (κ2) is 15.3. The number of benzene rings is 1. The molecule has 5 nitrogen and oxygen atoms in total. The van der Waals surface area contributed by atoms with Crippen molar-refractivity contribution in [1.29, 1.82) is 0 Å². The number of nitrogens with zero attached hydrogens (tertiary/aromatic N) is 1. The number of hydrogen-bond acceptors (Lipinski definition) is 4. The molecule has 2 aliphatic heterocycles. The van der Waals surface area contributed by atoms with Crippen LogP contribution in [0.1, 0.15) is 66.0 Å². The topological polar surface area (TPSA) is 64.6 Å². The van der Waals surface area contributed by atoms with Gasteiger partial charge in [-0.1, -0.05) is 48.1 Å². The van der Waals surface area contributed by atoms with Gasteiger partial charge in [0.2, 0.25) is 6.41 Å². The lowest BCUT2D eigenvalue weighted by atomic mass is 9.97. The summed E-state index contributed by atoms with van der Waals surface area (Å²) in [6.07, 6.45) is 4.50. The quantitative estimate of drug-likeness (QED) is 0.641. The molecule has 1 aromatic rings. The lowest BCUT2D eigenvalue weighted by molar-refractivity contribution is -0.110. The second-order valence-corrected chi connectivity index (χ2v) is 8.00. The maximum Gasteiger partial charge on any atom is 0.207 e. The summed E-state index contributed by atoms with van der Waals surface area (Å²) >= 11 is 0. The number of fused-ring (bicyclic) bond motifs is 1. The molecule has 1 amide bonds. The van der Waals surface area contributed by atoms with E-state index in [1.54, 1.807) is 6.07 Å². The predicted octanol–water partition coefficient (Wildman–Crippen LogP) is 4.19. The van der Waals surface area contributed by atoms with Gasteiger partial charge in [-0.15, -0.1) is 0 Å². The Balaban J connectivity index is 0.000000497. The fourth-order valence-corrected chi connectivity index (χ4v) is 3.53. The van der Waals surface area contributed by atoms with Gasteiger partial charge >= 0.3 is 0 Å². The fraction of sp³-hybridized carbons (Fsp3) is 0.708. The van der Waals surface area contributed by atoms with Gasteiger partial charge in [0.05, 0.1) is 0 Å². The van der Waals surface area contributed by atoms with Crippen molar-refractivity contribution in [2.45, 2.75) is 73.9 Å². The number of aromatic hydroxyl groups is 1. The molecule has 1 saturated heterocycles. The van der Waals surface area contributed by atoms with Gasteiger partial charge in [-0.3, -0.25) is 4.79 Å². The van der Waals surface area contributed by atoms with Crippen LogP contribution < -0.4 is 10.6 Å². The largest absolute Gasteiger partial charge is 0.508 e. The first-order valence-corrected chi connectivity index (χ1v) is 10.9. The van der Waals surface area contributed by atoms with Crippen LogP contribution >= 0.6 is 0 Å². The monoisotopic (exact) mass is 407 g/mol. The minimum absolute atomic E-state index is 0. The van der Waals surface area contributed by atoms with Crippen molar-refractivity contribution in [2.24, 2.45) is 11.8 Å². The molecule has 0 saturated carbocycles. The lowest BCUT2D eigenvalue weighted by Crippen LogP contribution is -2.46. The summed E-state index contributed by atoms with van der Waals surface area (Å²) < 4.78 is 0. The van der Waals surface area contributed by atoms with Gasteiger partial charge in [-0.2, -0.15) is 0 Å². The first-order valence-electron chi connectivity index (χ1n) is 10.9. The van der Waals surface area contributed by atoms with Crippen LogP contribution in [0.25, 0.3) is 0 Å². The van der Waals surface area contributed by atoms with Crippen LogP contribution in [0.5, 0.6) is 5.75 Å². The molecule has 1 unspecified atom stereocenters. The molecule has 0 spiro atoms. The van der Waals surface area contributed by atoms with Gasteiger partial charge in [0.25, 0.3) is 0 Å². The molecule has 2 aliphatic rings. The highest BCUT2D eigenvalue weighted by molar-refractivity contribution is 5.46.